The molecule has 2 rings (SSSR count). The summed E-state index contributed by atoms with van der Waals surface area (Å²) in [4.78, 5) is 18.8. The molecule has 3 N–H and O–H groups in total. The van der Waals surface area contributed by atoms with Crippen molar-refractivity contribution in [2.45, 2.75) is 6.54 Å². The summed E-state index contributed by atoms with van der Waals surface area (Å²) in [6.07, 6.45) is 1.36. The van der Waals surface area contributed by atoms with Crippen molar-refractivity contribution >= 4 is 5.91 Å². The standard InChI is InChI=1S/C8H10N4O2/c9-7(13)5-4-11-6-3-10-1-2-14-8(6)12-5/h4,10H,1-3H2,(H2,9,13). The largest absolute Gasteiger partial charge is 0.475 e. The Hall–Kier alpha value is -1.69. The lowest BCUT2D eigenvalue weighted by atomic mass is 10.3. The molecule has 6 heteroatoms. The lowest BCUT2D eigenvalue weighted by molar-refractivity contribution is 0.0994. The van der Waals surface area contributed by atoms with Crippen molar-refractivity contribution in [2.75, 3.05) is 13.2 Å². The maximum absolute atomic E-state index is 10.8. The molecule has 0 atom stereocenters. The van der Waals surface area contributed by atoms with Crippen LogP contribution in [0.25, 0.3) is 0 Å². The number of amides is 1. The molecule has 0 saturated carbocycles. The SMILES string of the molecule is NC(=O)c1cnc2c(n1)OCCNC2. The van der Waals surface area contributed by atoms with E-state index in [1.54, 1.807) is 0 Å². The molecular formula is C8H10N4O2. The molecule has 1 aliphatic rings. The summed E-state index contributed by atoms with van der Waals surface area (Å²) in [5, 5.41) is 3.11. The maximum Gasteiger partial charge on any atom is 0.269 e. The number of ether oxygens (including phenoxy) is 1. The van der Waals surface area contributed by atoms with E-state index in [2.05, 4.69) is 15.3 Å². The van der Waals surface area contributed by atoms with Crippen LogP contribution in [0, 0.1) is 0 Å². The lowest BCUT2D eigenvalue weighted by Gasteiger charge is -2.04. The maximum atomic E-state index is 10.8. The van der Waals surface area contributed by atoms with Crippen LogP contribution in [-0.2, 0) is 6.54 Å². The van der Waals surface area contributed by atoms with Gasteiger partial charge in [-0.3, -0.25) is 9.78 Å². The molecule has 0 aromatic carbocycles. The fourth-order valence-electron chi connectivity index (χ4n) is 1.18. The zero-order chi connectivity index (χ0) is 9.97. The Bertz CT molecular complexity index is 366. The number of nitrogens with two attached hydrogens (primary N) is 1. The van der Waals surface area contributed by atoms with Crippen molar-refractivity contribution in [2.24, 2.45) is 5.73 Å². The number of hydrogen-bond donors (Lipinski definition) is 2. The third-order valence-corrected chi connectivity index (χ3v) is 1.87. The minimum absolute atomic E-state index is 0.130. The van der Waals surface area contributed by atoms with E-state index in [-0.39, 0.29) is 5.69 Å². The number of rotatable bonds is 1. The summed E-state index contributed by atoms with van der Waals surface area (Å²) in [5.74, 6) is -0.201. The fourth-order valence-corrected chi connectivity index (χ4v) is 1.18. The van der Waals surface area contributed by atoms with Crippen LogP contribution >= 0.6 is 0 Å². The molecule has 0 aliphatic carbocycles. The number of primary amides is 1. The average Bonchev–Trinajstić information content (AvgIpc) is 2.41. The van der Waals surface area contributed by atoms with Crippen LogP contribution in [0.3, 0.4) is 0 Å². The second kappa shape index (κ2) is 3.59. The number of carbonyl (C=O) groups excluding carboxylic acids is 1. The van der Waals surface area contributed by atoms with Gasteiger partial charge in [-0.2, -0.15) is 0 Å². The molecule has 74 valence electrons. The molecule has 0 fully saturated rings. The molecule has 1 aliphatic heterocycles. The molecular weight excluding hydrogens is 184 g/mol. The zero-order valence-corrected chi connectivity index (χ0v) is 7.49. The van der Waals surface area contributed by atoms with Gasteiger partial charge < -0.3 is 15.8 Å². The van der Waals surface area contributed by atoms with Gasteiger partial charge in [-0.05, 0) is 0 Å². The first kappa shape index (κ1) is 8.89. The average molecular weight is 194 g/mol. The van der Waals surface area contributed by atoms with Gasteiger partial charge in [-0.1, -0.05) is 0 Å². The summed E-state index contributed by atoms with van der Waals surface area (Å²) < 4.78 is 5.30. The molecule has 0 bridgehead atoms. The molecule has 1 aromatic heterocycles. The van der Waals surface area contributed by atoms with E-state index in [4.69, 9.17) is 10.5 Å². The molecule has 1 aromatic rings. The van der Waals surface area contributed by atoms with Gasteiger partial charge in [0.2, 0.25) is 5.88 Å². The molecule has 6 nitrogen and oxygen atoms in total. The van der Waals surface area contributed by atoms with Crippen LogP contribution in [0.2, 0.25) is 0 Å². The van der Waals surface area contributed by atoms with Crippen molar-refractivity contribution in [1.82, 2.24) is 15.3 Å². The van der Waals surface area contributed by atoms with Crippen molar-refractivity contribution in [1.29, 1.82) is 0 Å². The molecule has 0 radical (unpaired) electrons. The zero-order valence-electron chi connectivity index (χ0n) is 7.49. The smallest absolute Gasteiger partial charge is 0.269 e. The third-order valence-electron chi connectivity index (χ3n) is 1.87. The number of nitrogens with zero attached hydrogens (tertiary/aromatic N) is 2. The van der Waals surface area contributed by atoms with E-state index in [1.807, 2.05) is 0 Å². The summed E-state index contributed by atoms with van der Waals surface area (Å²) in [7, 11) is 0. The highest BCUT2D eigenvalue weighted by Gasteiger charge is 2.13. The highest BCUT2D eigenvalue weighted by atomic mass is 16.5. The molecule has 2 heterocycles. The van der Waals surface area contributed by atoms with Crippen LogP contribution < -0.4 is 15.8 Å². The van der Waals surface area contributed by atoms with Gasteiger partial charge in [0.1, 0.15) is 18.0 Å². The lowest BCUT2D eigenvalue weighted by Crippen LogP contribution is -2.16. The summed E-state index contributed by atoms with van der Waals surface area (Å²) in [6.45, 7) is 1.86. The number of nitrogens with one attached hydrogen (secondary N) is 1. The number of aromatic nitrogens is 2. The van der Waals surface area contributed by atoms with E-state index in [1.165, 1.54) is 6.20 Å². The van der Waals surface area contributed by atoms with Crippen LogP contribution in [-0.4, -0.2) is 29.0 Å². The Morgan fingerprint density at radius 3 is 3.29 bits per heavy atom. The monoisotopic (exact) mass is 194 g/mol. The van der Waals surface area contributed by atoms with E-state index >= 15 is 0 Å². The molecule has 0 spiro atoms. The van der Waals surface area contributed by atoms with Crippen molar-refractivity contribution in [3.05, 3.63) is 17.6 Å². The van der Waals surface area contributed by atoms with E-state index in [0.717, 1.165) is 6.54 Å². The van der Waals surface area contributed by atoms with Gasteiger partial charge in [0.05, 0.1) is 6.20 Å². The Labute approximate surface area is 80.5 Å². The Morgan fingerprint density at radius 2 is 2.50 bits per heavy atom. The van der Waals surface area contributed by atoms with Gasteiger partial charge in [-0.25, -0.2) is 4.98 Å². The molecule has 0 saturated heterocycles. The van der Waals surface area contributed by atoms with E-state index in [9.17, 15) is 4.79 Å². The fraction of sp³-hybridized carbons (Fsp3) is 0.375. The van der Waals surface area contributed by atoms with Crippen LogP contribution in [0.1, 0.15) is 16.2 Å². The van der Waals surface area contributed by atoms with Crippen molar-refractivity contribution in [3.63, 3.8) is 0 Å². The summed E-state index contributed by atoms with van der Waals surface area (Å²) in [5.41, 5.74) is 5.90. The van der Waals surface area contributed by atoms with Gasteiger partial charge in [-0.15, -0.1) is 0 Å². The number of carbonyl (C=O) groups is 1. The number of hydrogen-bond acceptors (Lipinski definition) is 5. The van der Waals surface area contributed by atoms with E-state index in [0.29, 0.717) is 24.7 Å². The molecule has 1 amide bonds. The Morgan fingerprint density at radius 1 is 1.64 bits per heavy atom. The second-order valence-corrected chi connectivity index (χ2v) is 2.90. The Balaban J connectivity index is 2.37. The molecule has 14 heavy (non-hydrogen) atoms. The van der Waals surface area contributed by atoms with E-state index < -0.39 is 5.91 Å². The first-order chi connectivity index (χ1) is 6.77. The predicted octanol–water partition coefficient (Wildman–Crippen LogP) is -0.943. The summed E-state index contributed by atoms with van der Waals surface area (Å²) >= 11 is 0. The highest BCUT2D eigenvalue weighted by molar-refractivity contribution is 5.90. The van der Waals surface area contributed by atoms with Gasteiger partial charge in [0.25, 0.3) is 5.91 Å². The second-order valence-electron chi connectivity index (χ2n) is 2.90. The van der Waals surface area contributed by atoms with Crippen molar-refractivity contribution in [3.8, 4) is 5.88 Å². The normalized spacial score (nSPS) is 15.1. The summed E-state index contributed by atoms with van der Waals surface area (Å²) in [6, 6.07) is 0. The van der Waals surface area contributed by atoms with Crippen LogP contribution in [0.5, 0.6) is 5.88 Å². The van der Waals surface area contributed by atoms with Gasteiger partial charge in [0.15, 0.2) is 0 Å². The minimum Gasteiger partial charge on any atom is -0.475 e. The number of fused-ring (bicyclic) bond motifs is 1. The van der Waals surface area contributed by atoms with Crippen LogP contribution in [0.4, 0.5) is 0 Å². The topological polar surface area (TPSA) is 90.1 Å². The minimum atomic E-state index is -0.596. The molecule has 0 unspecified atom stereocenters. The third kappa shape index (κ3) is 1.64. The van der Waals surface area contributed by atoms with Gasteiger partial charge >= 0.3 is 0 Å². The van der Waals surface area contributed by atoms with Crippen molar-refractivity contribution < 1.29 is 9.53 Å². The predicted molar refractivity (Wildman–Crippen MR) is 47.8 cm³/mol. The quantitative estimate of drug-likeness (QED) is 0.602. The highest BCUT2D eigenvalue weighted by Crippen LogP contribution is 2.14. The first-order valence-electron chi connectivity index (χ1n) is 4.26. The van der Waals surface area contributed by atoms with Gasteiger partial charge in [0, 0.05) is 13.1 Å². The first-order valence-corrected chi connectivity index (χ1v) is 4.26. The van der Waals surface area contributed by atoms with Crippen LogP contribution in [0.15, 0.2) is 6.20 Å². The Kier molecular flexibility index (Phi) is 2.28.